The van der Waals surface area contributed by atoms with Crippen LogP contribution in [0.15, 0.2) is 63.0 Å². The van der Waals surface area contributed by atoms with E-state index < -0.39 is 10.9 Å². The molecule has 0 bridgehead atoms. The number of phenols is 1. The molecule has 3 aromatic rings. The second kappa shape index (κ2) is 8.16. The minimum absolute atomic E-state index is 0.0499. The fraction of sp³-hybridized carbons (Fsp3) is 0.304. The molecule has 6 nitrogen and oxygen atoms in total. The van der Waals surface area contributed by atoms with Gasteiger partial charge in [0, 0.05) is 0 Å². The van der Waals surface area contributed by atoms with Gasteiger partial charge in [-0.05, 0) is 56.6 Å². The van der Waals surface area contributed by atoms with Crippen LogP contribution in [0.25, 0.3) is 0 Å². The summed E-state index contributed by atoms with van der Waals surface area (Å²) in [5.74, 6) is 0.0499. The molecule has 3 N–H and O–H groups in total. The highest BCUT2D eigenvalue weighted by Crippen LogP contribution is 2.43. The minimum atomic E-state index is -0.566. The second-order valence-electron chi connectivity index (χ2n) is 7.87. The Balaban J connectivity index is 1.65. The number of para-hydroxylation sites is 1. The molecule has 0 radical (unpaired) electrons. The second-order valence-corrected chi connectivity index (χ2v) is 9.22. The molecule has 7 heteroatoms. The van der Waals surface area contributed by atoms with Crippen molar-refractivity contribution >= 4 is 29.0 Å². The Morgan fingerprint density at radius 2 is 1.60 bits per heavy atom. The highest BCUT2D eigenvalue weighted by Gasteiger charge is 2.38. The summed E-state index contributed by atoms with van der Waals surface area (Å²) in [6.07, 6.45) is 3.92. The summed E-state index contributed by atoms with van der Waals surface area (Å²) >= 11 is 1.38. The number of hydrogen-bond acceptors (Lipinski definition) is 7. The highest BCUT2D eigenvalue weighted by atomic mass is 32.2. The summed E-state index contributed by atoms with van der Waals surface area (Å²) in [5.41, 5.74) is 0.595. The van der Waals surface area contributed by atoms with Crippen molar-refractivity contribution in [2.75, 3.05) is 24.7 Å². The lowest BCUT2D eigenvalue weighted by Crippen LogP contribution is -2.42. The monoisotopic (exact) mass is 423 g/mol. The molecule has 0 heterocycles. The number of phenolic OH excluding ortho intramolecular Hbond substituents is 1. The van der Waals surface area contributed by atoms with Crippen LogP contribution in [0.1, 0.15) is 31.2 Å². The zero-order valence-corrected chi connectivity index (χ0v) is 17.9. The van der Waals surface area contributed by atoms with Crippen molar-refractivity contribution in [3.8, 4) is 5.75 Å². The molecular weight excluding hydrogens is 398 g/mol. The van der Waals surface area contributed by atoms with Crippen molar-refractivity contribution in [2.24, 2.45) is 0 Å². The molecule has 4 rings (SSSR count). The standard InChI is InChI=1S/C23H25N3O3S/c1-26(2)30-17-12-8-11-16(20(17)27)24-18-19(22(29)21(18)28)25-23(13-6-7-14-23)15-9-4-3-5-10-15/h3-5,8-12,24-25,27H,6-7,13-14H2,1-2H3. The average Bonchev–Trinajstić information content (AvgIpc) is 3.23. The maximum absolute atomic E-state index is 12.4. The fourth-order valence-corrected chi connectivity index (χ4v) is 4.85. The van der Waals surface area contributed by atoms with Gasteiger partial charge in [-0.15, -0.1) is 0 Å². The van der Waals surface area contributed by atoms with Crippen LogP contribution in [-0.2, 0) is 5.54 Å². The molecule has 0 aromatic heterocycles. The lowest BCUT2D eigenvalue weighted by atomic mass is 9.87. The highest BCUT2D eigenvalue weighted by molar-refractivity contribution is 7.97. The van der Waals surface area contributed by atoms with Gasteiger partial charge in [0.05, 0.1) is 16.1 Å². The molecule has 3 aromatic carbocycles. The lowest BCUT2D eigenvalue weighted by molar-refractivity contribution is 0.464. The third kappa shape index (κ3) is 3.70. The van der Waals surface area contributed by atoms with Gasteiger partial charge in [-0.25, -0.2) is 0 Å². The molecule has 1 fully saturated rings. The van der Waals surface area contributed by atoms with E-state index in [1.165, 1.54) is 11.9 Å². The molecule has 0 spiro atoms. The Labute approximate surface area is 179 Å². The predicted molar refractivity (Wildman–Crippen MR) is 122 cm³/mol. The molecule has 30 heavy (non-hydrogen) atoms. The fourth-order valence-electron chi connectivity index (χ4n) is 4.12. The quantitative estimate of drug-likeness (QED) is 0.299. The van der Waals surface area contributed by atoms with E-state index in [1.807, 2.05) is 36.6 Å². The molecule has 1 aliphatic rings. The van der Waals surface area contributed by atoms with Gasteiger partial charge >= 0.3 is 0 Å². The van der Waals surface area contributed by atoms with Crippen LogP contribution < -0.4 is 21.5 Å². The van der Waals surface area contributed by atoms with E-state index in [1.54, 1.807) is 18.2 Å². The van der Waals surface area contributed by atoms with Crippen molar-refractivity contribution < 1.29 is 5.11 Å². The van der Waals surface area contributed by atoms with Crippen molar-refractivity contribution in [3.05, 3.63) is 74.5 Å². The molecule has 0 aliphatic heterocycles. The van der Waals surface area contributed by atoms with E-state index in [-0.39, 0.29) is 17.0 Å². The Hall–Kier alpha value is -2.77. The molecular formula is C23H25N3O3S. The smallest absolute Gasteiger partial charge is 0.253 e. The van der Waals surface area contributed by atoms with Crippen LogP contribution in [0.5, 0.6) is 5.75 Å². The first-order valence-electron chi connectivity index (χ1n) is 10.0. The minimum Gasteiger partial charge on any atom is -0.505 e. The van der Waals surface area contributed by atoms with Gasteiger partial charge in [0.2, 0.25) is 0 Å². The number of aromatic hydroxyl groups is 1. The summed E-state index contributed by atoms with van der Waals surface area (Å²) in [6.45, 7) is 0. The van der Waals surface area contributed by atoms with Crippen LogP contribution in [0.4, 0.5) is 17.1 Å². The number of nitrogens with zero attached hydrogens (tertiary/aromatic N) is 1. The van der Waals surface area contributed by atoms with E-state index in [4.69, 9.17) is 0 Å². The first-order chi connectivity index (χ1) is 14.4. The van der Waals surface area contributed by atoms with Crippen LogP contribution in [0.2, 0.25) is 0 Å². The third-order valence-electron chi connectivity index (χ3n) is 5.60. The van der Waals surface area contributed by atoms with Gasteiger partial charge in [0.25, 0.3) is 10.9 Å². The third-order valence-corrected chi connectivity index (χ3v) is 6.49. The molecule has 0 unspecified atom stereocenters. The van der Waals surface area contributed by atoms with E-state index in [0.717, 1.165) is 31.2 Å². The lowest BCUT2D eigenvalue weighted by Gasteiger charge is -2.33. The molecule has 1 aliphatic carbocycles. The summed E-state index contributed by atoms with van der Waals surface area (Å²) in [6, 6.07) is 15.4. The van der Waals surface area contributed by atoms with Crippen LogP contribution in [0, 0.1) is 0 Å². The SMILES string of the molecule is CN(C)Sc1cccc(Nc2c(NC3(c4ccccc4)CCCC3)c(=O)c2=O)c1O. The van der Waals surface area contributed by atoms with Gasteiger partial charge in [0.15, 0.2) is 5.75 Å². The van der Waals surface area contributed by atoms with Gasteiger partial charge in [-0.2, -0.15) is 0 Å². The number of hydrogen-bond donors (Lipinski definition) is 3. The van der Waals surface area contributed by atoms with Crippen LogP contribution in [-0.4, -0.2) is 23.5 Å². The van der Waals surface area contributed by atoms with Gasteiger partial charge in [-0.1, -0.05) is 49.2 Å². The zero-order chi connectivity index (χ0) is 21.3. The first kappa shape index (κ1) is 20.5. The van der Waals surface area contributed by atoms with E-state index in [0.29, 0.717) is 16.3 Å². The Morgan fingerprint density at radius 1 is 0.933 bits per heavy atom. The molecule has 156 valence electrons. The van der Waals surface area contributed by atoms with Gasteiger partial charge < -0.3 is 15.7 Å². The van der Waals surface area contributed by atoms with E-state index in [2.05, 4.69) is 22.8 Å². The molecule has 0 atom stereocenters. The number of nitrogens with one attached hydrogen (secondary N) is 2. The van der Waals surface area contributed by atoms with Crippen molar-refractivity contribution in [1.82, 2.24) is 4.31 Å². The van der Waals surface area contributed by atoms with E-state index >= 15 is 0 Å². The van der Waals surface area contributed by atoms with Crippen molar-refractivity contribution in [3.63, 3.8) is 0 Å². The summed E-state index contributed by atoms with van der Waals surface area (Å²) in [5, 5.41) is 17.0. The Morgan fingerprint density at radius 3 is 2.27 bits per heavy atom. The van der Waals surface area contributed by atoms with Gasteiger partial charge in [-0.3, -0.25) is 13.9 Å². The van der Waals surface area contributed by atoms with Gasteiger partial charge in [0.1, 0.15) is 11.4 Å². The molecule has 0 saturated heterocycles. The van der Waals surface area contributed by atoms with Crippen LogP contribution in [0.3, 0.4) is 0 Å². The van der Waals surface area contributed by atoms with Crippen LogP contribution >= 0.6 is 11.9 Å². The Kier molecular flexibility index (Phi) is 5.58. The summed E-state index contributed by atoms with van der Waals surface area (Å²) in [7, 11) is 3.76. The summed E-state index contributed by atoms with van der Waals surface area (Å²) < 4.78 is 1.87. The maximum atomic E-state index is 12.4. The number of anilines is 3. The largest absolute Gasteiger partial charge is 0.505 e. The average molecular weight is 424 g/mol. The normalized spacial score (nSPS) is 15.6. The maximum Gasteiger partial charge on any atom is 0.253 e. The summed E-state index contributed by atoms with van der Waals surface area (Å²) in [4.78, 5) is 25.5. The predicted octanol–water partition coefficient (Wildman–Crippen LogP) is 4.18. The number of benzene rings is 2. The zero-order valence-electron chi connectivity index (χ0n) is 17.1. The number of rotatable bonds is 7. The molecule has 1 saturated carbocycles. The van der Waals surface area contributed by atoms with Crippen molar-refractivity contribution in [1.29, 1.82) is 0 Å². The topological polar surface area (TPSA) is 81.7 Å². The first-order valence-corrected chi connectivity index (χ1v) is 10.8. The van der Waals surface area contributed by atoms with E-state index in [9.17, 15) is 14.7 Å². The van der Waals surface area contributed by atoms with Crippen molar-refractivity contribution in [2.45, 2.75) is 36.1 Å². The molecule has 0 amide bonds. The Bertz CT molecular complexity index is 1110.